The molecular formula is C13H16O2. The third kappa shape index (κ3) is 3.58. The molecule has 0 N–H and O–H groups in total. The predicted molar refractivity (Wildman–Crippen MR) is 60.5 cm³/mol. The monoisotopic (exact) mass is 204 g/mol. The molecule has 0 aromatic heterocycles. The fourth-order valence-corrected chi connectivity index (χ4v) is 1.42. The molecule has 1 aromatic rings. The molecule has 0 bridgehead atoms. The van der Waals surface area contributed by atoms with Crippen LogP contribution in [0.2, 0.25) is 0 Å². The van der Waals surface area contributed by atoms with Crippen LogP contribution in [0.5, 0.6) is 0 Å². The number of benzene rings is 1. The first-order chi connectivity index (χ1) is 7.27. The molecule has 0 fully saturated rings. The van der Waals surface area contributed by atoms with Gasteiger partial charge in [-0.1, -0.05) is 36.4 Å². The van der Waals surface area contributed by atoms with E-state index in [0.29, 0.717) is 0 Å². The topological polar surface area (TPSA) is 26.3 Å². The molecule has 1 rings (SSSR count). The van der Waals surface area contributed by atoms with E-state index in [0.717, 1.165) is 18.4 Å². The summed E-state index contributed by atoms with van der Waals surface area (Å²) < 4.78 is 4.68. The molecule has 0 spiro atoms. The molecule has 0 amide bonds. The average molecular weight is 204 g/mol. The Kier molecular flexibility index (Phi) is 4.61. The lowest BCUT2D eigenvalue weighted by molar-refractivity contribution is -0.136. The summed E-state index contributed by atoms with van der Waals surface area (Å²) in [4.78, 5) is 11.3. The number of hydrogen-bond acceptors (Lipinski definition) is 2. The molecule has 80 valence electrons. The fraction of sp³-hybridized carbons (Fsp3) is 0.308. The molecule has 0 heterocycles. The number of aryl methyl sites for hydroxylation is 1. The van der Waals surface area contributed by atoms with Crippen LogP contribution < -0.4 is 0 Å². The van der Waals surface area contributed by atoms with E-state index in [4.69, 9.17) is 0 Å². The Morgan fingerprint density at radius 1 is 1.33 bits per heavy atom. The van der Waals surface area contributed by atoms with Crippen molar-refractivity contribution in [2.45, 2.75) is 19.8 Å². The Balaban J connectivity index is 2.53. The number of rotatable bonds is 4. The third-order valence-electron chi connectivity index (χ3n) is 2.32. The summed E-state index contributed by atoms with van der Waals surface area (Å²) in [5.41, 5.74) is 1.97. The van der Waals surface area contributed by atoms with E-state index in [1.807, 2.05) is 31.2 Å². The molecule has 0 unspecified atom stereocenters. The highest BCUT2D eigenvalue weighted by molar-refractivity contribution is 5.88. The van der Waals surface area contributed by atoms with E-state index < -0.39 is 0 Å². The average Bonchev–Trinajstić information content (AvgIpc) is 2.31. The van der Waals surface area contributed by atoms with Gasteiger partial charge in [-0.2, -0.15) is 0 Å². The van der Waals surface area contributed by atoms with Crippen LogP contribution in [0.4, 0.5) is 0 Å². The van der Waals surface area contributed by atoms with Crippen LogP contribution >= 0.6 is 0 Å². The molecule has 0 saturated carbocycles. The second-order valence-corrected chi connectivity index (χ2v) is 3.29. The van der Waals surface area contributed by atoms with Gasteiger partial charge in [0.05, 0.1) is 7.11 Å². The maximum Gasteiger partial charge on any atom is 0.333 e. The summed E-state index contributed by atoms with van der Waals surface area (Å²) in [5, 5.41) is 0. The minimum absolute atomic E-state index is 0.228. The smallest absolute Gasteiger partial charge is 0.333 e. The first kappa shape index (κ1) is 11.5. The van der Waals surface area contributed by atoms with E-state index >= 15 is 0 Å². The maximum absolute atomic E-state index is 11.3. The van der Waals surface area contributed by atoms with Gasteiger partial charge in [-0.15, -0.1) is 0 Å². The van der Waals surface area contributed by atoms with Gasteiger partial charge in [0.25, 0.3) is 0 Å². The maximum atomic E-state index is 11.3. The lowest BCUT2D eigenvalue weighted by Gasteiger charge is -2.04. The van der Waals surface area contributed by atoms with Crippen LogP contribution in [-0.4, -0.2) is 13.1 Å². The quantitative estimate of drug-likeness (QED) is 0.557. The Morgan fingerprint density at radius 3 is 2.53 bits per heavy atom. The summed E-state index contributed by atoms with van der Waals surface area (Å²) in [6, 6.07) is 10.1. The van der Waals surface area contributed by atoms with Crippen LogP contribution in [-0.2, 0) is 16.0 Å². The normalized spacial score (nSPS) is 11.2. The first-order valence-electron chi connectivity index (χ1n) is 5.05. The molecular weight excluding hydrogens is 188 g/mol. The Labute approximate surface area is 90.6 Å². The zero-order valence-electron chi connectivity index (χ0n) is 9.19. The van der Waals surface area contributed by atoms with E-state index in [9.17, 15) is 4.79 Å². The summed E-state index contributed by atoms with van der Waals surface area (Å²) in [6.07, 6.45) is 3.41. The Morgan fingerprint density at radius 2 is 2.00 bits per heavy atom. The van der Waals surface area contributed by atoms with Crippen LogP contribution in [0.3, 0.4) is 0 Å². The second-order valence-electron chi connectivity index (χ2n) is 3.29. The van der Waals surface area contributed by atoms with Gasteiger partial charge in [-0.25, -0.2) is 4.79 Å². The molecule has 0 aliphatic rings. The van der Waals surface area contributed by atoms with Gasteiger partial charge in [-0.3, -0.25) is 0 Å². The number of methoxy groups -OCH3 is 1. The third-order valence-corrected chi connectivity index (χ3v) is 2.32. The van der Waals surface area contributed by atoms with E-state index in [1.54, 1.807) is 0 Å². The number of ether oxygens (including phenoxy) is 1. The van der Waals surface area contributed by atoms with Crippen LogP contribution in [0, 0.1) is 0 Å². The van der Waals surface area contributed by atoms with Crippen molar-refractivity contribution in [1.82, 2.24) is 0 Å². The van der Waals surface area contributed by atoms with Crippen LogP contribution in [0.1, 0.15) is 18.9 Å². The van der Waals surface area contributed by atoms with Gasteiger partial charge >= 0.3 is 5.97 Å². The lowest BCUT2D eigenvalue weighted by atomic mass is 10.0. The highest BCUT2D eigenvalue weighted by Gasteiger charge is 2.07. The fourth-order valence-electron chi connectivity index (χ4n) is 1.42. The van der Waals surface area contributed by atoms with Gasteiger partial charge in [-0.05, 0) is 25.3 Å². The number of carbonyl (C=O) groups excluding carboxylic acids is 1. The molecule has 1 aromatic carbocycles. The summed E-state index contributed by atoms with van der Waals surface area (Å²) in [7, 11) is 1.41. The number of hydrogen-bond donors (Lipinski definition) is 0. The van der Waals surface area contributed by atoms with Crippen LogP contribution in [0.15, 0.2) is 42.0 Å². The van der Waals surface area contributed by atoms with Crippen molar-refractivity contribution in [3.63, 3.8) is 0 Å². The van der Waals surface area contributed by atoms with Crippen molar-refractivity contribution < 1.29 is 9.53 Å². The highest BCUT2D eigenvalue weighted by atomic mass is 16.5. The standard InChI is InChI=1S/C13H16O2/c1-3-12(13(14)15-2)10-9-11-7-5-4-6-8-11/h3-8H,9-10H2,1-2H3/b12-3+. The molecule has 0 atom stereocenters. The molecule has 0 aliphatic carbocycles. The minimum Gasteiger partial charge on any atom is -0.466 e. The predicted octanol–water partition coefficient (Wildman–Crippen LogP) is 2.74. The van der Waals surface area contributed by atoms with Gasteiger partial charge in [0.1, 0.15) is 0 Å². The molecule has 0 radical (unpaired) electrons. The van der Waals surface area contributed by atoms with Gasteiger partial charge in [0, 0.05) is 5.57 Å². The molecule has 15 heavy (non-hydrogen) atoms. The van der Waals surface area contributed by atoms with Crippen LogP contribution in [0.25, 0.3) is 0 Å². The van der Waals surface area contributed by atoms with E-state index in [1.165, 1.54) is 12.7 Å². The van der Waals surface area contributed by atoms with Crippen molar-refractivity contribution in [2.75, 3.05) is 7.11 Å². The number of allylic oxidation sites excluding steroid dienone is 1. The van der Waals surface area contributed by atoms with Crippen molar-refractivity contribution in [3.8, 4) is 0 Å². The zero-order valence-corrected chi connectivity index (χ0v) is 9.19. The van der Waals surface area contributed by atoms with Crippen molar-refractivity contribution in [1.29, 1.82) is 0 Å². The SMILES string of the molecule is C/C=C(\CCc1ccccc1)C(=O)OC. The zero-order chi connectivity index (χ0) is 11.1. The molecule has 0 saturated heterocycles. The summed E-state index contributed by atoms with van der Waals surface area (Å²) >= 11 is 0. The highest BCUT2D eigenvalue weighted by Crippen LogP contribution is 2.10. The van der Waals surface area contributed by atoms with Gasteiger partial charge in [0.2, 0.25) is 0 Å². The molecule has 2 heteroatoms. The van der Waals surface area contributed by atoms with Gasteiger partial charge in [0.15, 0.2) is 0 Å². The minimum atomic E-state index is -0.228. The number of esters is 1. The van der Waals surface area contributed by atoms with Crippen molar-refractivity contribution in [3.05, 3.63) is 47.5 Å². The summed E-state index contributed by atoms with van der Waals surface area (Å²) in [5.74, 6) is -0.228. The van der Waals surface area contributed by atoms with E-state index in [-0.39, 0.29) is 5.97 Å². The summed E-state index contributed by atoms with van der Waals surface area (Å²) in [6.45, 7) is 1.86. The molecule has 2 nitrogen and oxygen atoms in total. The lowest BCUT2D eigenvalue weighted by Crippen LogP contribution is -2.05. The Hall–Kier alpha value is -1.57. The largest absolute Gasteiger partial charge is 0.466 e. The number of carbonyl (C=O) groups is 1. The molecule has 0 aliphatic heterocycles. The first-order valence-corrected chi connectivity index (χ1v) is 5.05. The second kappa shape index (κ2) is 6.02. The van der Waals surface area contributed by atoms with E-state index in [2.05, 4.69) is 16.9 Å². The van der Waals surface area contributed by atoms with Gasteiger partial charge < -0.3 is 4.74 Å². The van der Waals surface area contributed by atoms with Crippen molar-refractivity contribution in [2.24, 2.45) is 0 Å². The Bertz CT molecular complexity index is 339. The van der Waals surface area contributed by atoms with Crippen molar-refractivity contribution >= 4 is 5.97 Å².